The Kier molecular flexibility index (Phi) is 5.79. The molecule has 0 bridgehead atoms. The van der Waals surface area contributed by atoms with Crippen molar-refractivity contribution in [3.05, 3.63) is 5.28 Å². The van der Waals surface area contributed by atoms with Crippen LogP contribution in [0, 0.1) is 0 Å². The fraction of sp³-hybridized carbons (Fsp3) is 0.769. The van der Waals surface area contributed by atoms with E-state index in [1.807, 2.05) is 18.7 Å². The molecule has 1 aliphatic heterocycles. The lowest BCUT2D eigenvalue weighted by Crippen LogP contribution is -2.27. The molecular weight excluding hydrogens is 280 g/mol. The molecule has 1 fully saturated rings. The molecular formula is C13H21ClN4O2. The van der Waals surface area contributed by atoms with E-state index in [4.69, 9.17) is 21.1 Å². The number of anilines is 1. The van der Waals surface area contributed by atoms with E-state index >= 15 is 0 Å². The molecule has 1 saturated heterocycles. The lowest BCUT2D eigenvalue weighted by molar-refractivity contribution is -0.0129. The average molecular weight is 301 g/mol. The second kappa shape index (κ2) is 7.59. The van der Waals surface area contributed by atoms with Gasteiger partial charge in [-0.15, -0.1) is 0 Å². The van der Waals surface area contributed by atoms with Gasteiger partial charge in [0.1, 0.15) is 6.61 Å². The summed E-state index contributed by atoms with van der Waals surface area (Å²) in [5.41, 5.74) is 0. The molecule has 0 aromatic carbocycles. The predicted octanol–water partition coefficient (Wildman–Crippen LogP) is 2.32. The third-order valence-corrected chi connectivity index (χ3v) is 3.46. The van der Waals surface area contributed by atoms with Crippen LogP contribution in [0.5, 0.6) is 6.01 Å². The van der Waals surface area contributed by atoms with E-state index in [9.17, 15) is 0 Å². The zero-order valence-electron chi connectivity index (χ0n) is 12.0. The minimum Gasteiger partial charge on any atom is -0.461 e. The highest BCUT2D eigenvalue weighted by atomic mass is 35.5. The molecule has 2 rings (SSSR count). The van der Waals surface area contributed by atoms with E-state index in [-0.39, 0.29) is 17.4 Å². The molecule has 0 saturated carbocycles. The standard InChI is InChI=1S/C13H21ClN4O2/c1-3-18(4-2)12-15-11(14)16-13(17-12)20-9-10-7-5-6-8-19-10/h10H,3-9H2,1-2H3. The Bertz CT molecular complexity index is 423. The fourth-order valence-corrected chi connectivity index (χ4v) is 2.29. The molecule has 1 aromatic rings. The molecule has 7 heteroatoms. The van der Waals surface area contributed by atoms with Crippen molar-refractivity contribution in [1.82, 2.24) is 15.0 Å². The van der Waals surface area contributed by atoms with Crippen molar-refractivity contribution in [1.29, 1.82) is 0 Å². The van der Waals surface area contributed by atoms with Crippen LogP contribution in [-0.2, 0) is 4.74 Å². The van der Waals surface area contributed by atoms with Crippen molar-refractivity contribution in [3.63, 3.8) is 0 Å². The molecule has 1 atom stereocenters. The Hall–Kier alpha value is -1.14. The normalized spacial score (nSPS) is 18.9. The molecule has 1 aromatic heterocycles. The number of nitrogens with zero attached hydrogens (tertiary/aromatic N) is 4. The zero-order chi connectivity index (χ0) is 14.4. The van der Waals surface area contributed by atoms with Crippen LogP contribution in [0.3, 0.4) is 0 Å². The number of aromatic nitrogens is 3. The Labute approximate surface area is 124 Å². The van der Waals surface area contributed by atoms with Crippen molar-refractivity contribution < 1.29 is 9.47 Å². The van der Waals surface area contributed by atoms with Gasteiger partial charge in [-0.05, 0) is 44.7 Å². The first-order valence-electron chi connectivity index (χ1n) is 7.13. The summed E-state index contributed by atoms with van der Waals surface area (Å²) in [4.78, 5) is 14.4. The SMILES string of the molecule is CCN(CC)c1nc(Cl)nc(OCC2CCCCO2)n1. The van der Waals surface area contributed by atoms with Crippen LogP contribution in [0.2, 0.25) is 5.28 Å². The van der Waals surface area contributed by atoms with Gasteiger partial charge in [0, 0.05) is 19.7 Å². The lowest BCUT2D eigenvalue weighted by Gasteiger charge is -2.22. The van der Waals surface area contributed by atoms with Gasteiger partial charge >= 0.3 is 6.01 Å². The van der Waals surface area contributed by atoms with Crippen LogP contribution in [0.15, 0.2) is 0 Å². The molecule has 0 radical (unpaired) electrons. The molecule has 0 amide bonds. The number of halogens is 1. The predicted molar refractivity (Wildman–Crippen MR) is 77.5 cm³/mol. The minimum absolute atomic E-state index is 0.121. The van der Waals surface area contributed by atoms with Gasteiger partial charge in [-0.25, -0.2) is 0 Å². The van der Waals surface area contributed by atoms with Gasteiger partial charge in [0.25, 0.3) is 0 Å². The topological polar surface area (TPSA) is 60.4 Å². The molecule has 2 heterocycles. The number of hydrogen-bond acceptors (Lipinski definition) is 6. The Balaban J connectivity index is 1.99. The number of rotatable bonds is 6. The first-order valence-corrected chi connectivity index (χ1v) is 7.51. The summed E-state index contributed by atoms with van der Waals surface area (Å²) < 4.78 is 11.2. The van der Waals surface area contributed by atoms with E-state index in [1.165, 1.54) is 6.42 Å². The van der Waals surface area contributed by atoms with Crippen LogP contribution in [0.1, 0.15) is 33.1 Å². The first kappa shape index (κ1) is 15.3. The van der Waals surface area contributed by atoms with Crippen LogP contribution < -0.4 is 9.64 Å². The summed E-state index contributed by atoms with van der Waals surface area (Å²) in [7, 11) is 0. The van der Waals surface area contributed by atoms with Crippen molar-refractivity contribution in [2.75, 3.05) is 31.2 Å². The van der Waals surface area contributed by atoms with Gasteiger partial charge in [-0.2, -0.15) is 15.0 Å². The Morgan fingerprint density at radius 1 is 1.25 bits per heavy atom. The average Bonchev–Trinajstić information content (AvgIpc) is 2.47. The number of hydrogen-bond donors (Lipinski definition) is 0. The summed E-state index contributed by atoms with van der Waals surface area (Å²) in [6.07, 6.45) is 3.44. The number of ether oxygens (including phenoxy) is 2. The highest BCUT2D eigenvalue weighted by Gasteiger charge is 2.16. The quantitative estimate of drug-likeness (QED) is 0.803. The maximum absolute atomic E-state index is 5.93. The zero-order valence-corrected chi connectivity index (χ0v) is 12.8. The molecule has 0 N–H and O–H groups in total. The monoisotopic (exact) mass is 300 g/mol. The molecule has 112 valence electrons. The second-order valence-electron chi connectivity index (χ2n) is 4.66. The fourth-order valence-electron chi connectivity index (χ4n) is 2.14. The second-order valence-corrected chi connectivity index (χ2v) is 5.00. The van der Waals surface area contributed by atoms with Crippen molar-refractivity contribution in [3.8, 4) is 6.01 Å². The van der Waals surface area contributed by atoms with Crippen LogP contribution >= 0.6 is 11.6 Å². The molecule has 6 nitrogen and oxygen atoms in total. The molecule has 1 unspecified atom stereocenters. The summed E-state index contributed by atoms with van der Waals surface area (Å²) in [6, 6.07) is 0.265. The first-order chi connectivity index (χ1) is 9.72. The van der Waals surface area contributed by atoms with E-state index in [0.29, 0.717) is 12.6 Å². The highest BCUT2D eigenvalue weighted by molar-refractivity contribution is 6.28. The Morgan fingerprint density at radius 3 is 2.70 bits per heavy atom. The molecule has 20 heavy (non-hydrogen) atoms. The molecule has 0 aliphatic carbocycles. The Morgan fingerprint density at radius 2 is 2.05 bits per heavy atom. The van der Waals surface area contributed by atoms with Crippen molar-refractivity contribution in [2.45, 2.75) is 39.2 Å². The summed E-state index contributed by atoms with van der Waals surface area (Å²) >= 11 is 5.93. The van der Waals surface area contributed by atoms with E-state index in [0.717, 1.165) is 32.5 Å². The lowest BCUT2D eigenvalue weighted by atomic mass is 10.1. The molecule has 1 aliphatic rings. The van der Waals surface area contributed by atoms with Gasteiger partial charge in [0.15, 0.2) is 0 Å². The van der Waals surface area contributed by atoms with Crippen LogP contribution in [0.25, 0.3) is 0 Å². The van der Waals surface area contributed by atoms with E-state index in [2.05, 4.69) is 15.0 Å². The van der Waals surface area contributed by atoms with Crippen LogP contribution in [0.4, 0.5) is 5.95 Å². The third-order valence-electron chi connectivity index (χ3n) is 3.29. The smallest absolute Gasteiger partial charge is 0.322 e. The van der Waals surface area contributed by atoms with Gasteiger partial charge in [0.05, 0.1) is 6.10 Å². The minimum atomic E-state index is 0.121. The third kappa shape index (κ3) is 4.18. The summed E-state index contributed by atoms with van der Waals surface area (Å²) in [5, 5.41) is 0.154. The van der Waals surface area contributed by atoms with E-state index in [1.54, 1.807) is 0 Å². The van der Waals surface area contributed by atoms with Crippen molar-refractivity contribution >= 4 is 17.5 Å². The maximum Gasteiger partial charge on any atom is 0.322 e. The maximum atomic E-state index is 5.93. The highest BCUT2D eigenvalue weighted by Crippen LogP contribution is 2.17. The van der Waals surface area contributed by atoms with Crippen molar-refractivity contribution in [2.24, 2.45) is 0 Å². The largest absolute Gasteiger partial charge is 0.461 e. The summed E-state index contributed by atoms with van der Waals surface area (Å²) in [5.74, 6) is 0.551. The van der Waals surface area contributed by atoms with E-state index < -0.39 is 0 Å². The van der Waals surface area contributed by atoms with Gasteiger partial charge in [-0.1, -0.05) is 0 Å². The van der Waals surface area contributed by atoms with Gasteiger partial charge in [0.2, 0.25) is 11.2 Å². The summed E-state index contributed by atoms with van der Waals surface area (Å²) in [6.45, 7) is 6.95. The van der Waals surface area contributed by atoms with Crippen LogP contribution in [-0.4, -0.2) is 47.4 Å². The van der Waals surface area contributed by atoms with Gasteiger partial charge in [-0.3, -0.25) is 0 Å². The van der Waals surface area contributed by atoms with Gasteiger partial charge < -0.3 is 14.4 Å². The molecule has 0 spiro atoms.